The molecule has 5 nitrogen and oxygen atoms in total. The van der Waals surface area contributed by atoms with Crippen LogP contribution in [0, 0.1) is 0 Å². The number of hydrogen-bond donors (Lipinski definition) is 1. The smallest absolute Gasteiger partial charge is 0.167 e. The summed E-state index contributed by atoms with van der Waals surface area (Å²) in [7, 11) is 3.11. The van der Waals surface area contributed by atoms with Gasteiger partial charge in [-0.3, -0.25) is 4.79 Å². The SMILES string of the molecule is COc1cc(OC)cc(C(=O)Cc2ccc(Cl)c(-c3nc4ccccc4[nH]3)c2)c1. The molecule has 1 N–H and O–H groups in total. The van der Waals surface area contributed by atoms with Crippen molar-refractivity contribution >= 4 is 28.4 Å². The molecule has 0 unspecified atom stereocenters. The second-order valence-corrected chi connectivity index (χ2v) is 7.03. The molecule has 0 saturated heterocycles. The summed E-state index contributed by atoms with van der Waals surface area (Å²) in [5.41, 5.74) is 3.93. The van der Waals surface area contributed by atoms with Gasteiger partial charge in [0.15, 0.2) is 5.78 Å². The first-order valence-electron chi connectivity index (χ1n) is 9.07. The Morgan fingerprint density at radius 1 is 1.00 bits per heavy atom. The third kappa shape index (κ3) is 3.96. The molecule has 0 spiro atoms. The predicted molar refractivity (Wildman–Crippen MR) is 114 cm³/mol. The van der Waals surface area contributed by atoms with Crippen molar-refractivity contribution in [1.29, 1.82) is 0 Å². The Morgan fingerprint density at radius 3 is 2.41 bits per heavy atom. The molecular formula is C23H19ClN2O3. The number of ether oxygens (including phenoxy) is 2. The quantitative estimate of drug-likeness (QED) is 0.440. The molecule has 0 fully saturated rings. The van der Waals surface area contributed by atoms with E-state index < -0.39 is 0 Å². The third-order valence-corrected chi connectivity index (χ3v) is 5.04. The summed E-state index contributed by atoms with van der Waals surface area (Å²) < 4.78 is 10.5. The van der Waals surface area contributed by atoms with Crippen molar-refractivity contribution in [3.63, 3.8) is 0 Å². The summed E-state index contributed by atoms with van der Waals surface area (Å²) in [6.07, 6.45) is 0.223. The monoisotopic (exact) mass is 406 g/mol. The molecule has 4 aromatic rings. The van der Waals surface area contributed by atoms with E-state index >= 15 is 0 Å². The summed E-state index contributed by atoms with van der Waals surface area (Å²) in [6.45, 7) is 0. The number of aromatic nitrogens is 2. The summed E-state index contributed by atoms with van der Waals surface area (Å²) in [5.74, 6) is 1.78. The van der Waals surface area contributed by atoms with E-state index in [0.717, 1.165) is 22.2 Å². The number of carbonyl (C=O) groups is 1. The highest BCUT2D eigenvalue weighted by Gasteiger charge is 2.14. The number of nitrogens with zero attached hydrogens (tertiary/aromatic N) is 1. The van der Waals surface area contributed by atoms with Crippen LogP contribution in [0.2, 0.25) is 5.02 Å². The van der Waals surface area contributed by atoms with Crippen molar-refractivity contribution < 1.29 is 14.3 Å². The Kier molecular flexibility index (Phi) is 5.23. The van der Waals surface area contributed by atoms with Gasteiger partial charge in [0.25, 0.3) is 0 Å². The van der Waals surface area contributed by atoms with Crippen LogP contribution in [0.5, 0.6) is 11.5 Å². The van der Waals surface area contributed by atoms with Crippen molar-refractivity contribution in [3.05, 3.63) is 76.8 Å². The van der Waals surface area contributed by atoms with Crippen LogP contribution >= 0.6 is 11.6 Å². The molecule has 0 amide bonds. The molecule has 0 aliphatic rings. The summed E-state index contributed by atoms with van der Waals surface area (Å²) in [5, 5.41) is 0.573. The zero-order chi connectivity index (χ0) is 20.4. The van der Waals surface area contributed by atoms with E-state index in [4.69, 9.17) is 21.1 Å². The highest BCUT2D eigenvalue weighted by Crippen LogP contribution is 2.29. The molecule has 0 saturated carbocycles. The fourth-order valence-electron chi connectivity index (χ4n) is 3.20. The number of nitrogens with one attached hydrogen (secondary N) is 1. The molecule has 3 aromatic carbocycles. The Hall–Kier alpha value is -3.31. The maximum Gasteiger partial charge on any atom is 0.167 e. The minimum Gasteiger partial charge on any atom is -0.497 e. The van der Waals surface area contributed by atoms with Crippen LogP contribution in [0.1, 0.15) is 15.9 Å². The fourth-order valence-corrected chi connectivity index (χ4v) is 3.41. The molecule has 4 rings (SSSR count). The van der Waals surface area contributed by atoms with Gasteiger partial charge in [-0.1, -0.05) is 29.8 Å². The largest absolute Gasteiger partial charge is 0.497 e. The Balaban J connectivity index is 1.65. The number of carbonyl (C=O) groups excluding carboxylic acids is 1. The lowest BCUT2D eigenvalue weighted by Crippen LogP contribution is -2.05. The van der Waals surface area contributed by atoms with Gasteiger partial charge in [0, 0.05) is 23.6 Å². The Labute approximate surface area is 173 Å². The van der Waals surface area contributed by atoms with Gasteiger partial charge in [-0.15, -0.1) is 0 Å². The number of rotatable bonds is 6. The molecule has 0 radical (unpaired) electrons. The lowest BCUT2D eigenvalue weighted by Gasteiger charge is -2.09. The first kappa shape index (κ1) is 19.0. The van der Waals surface area contributed by atoms with Gasteiger partial charge in [-0.05, 0) is 42.0 Å². The molecule has 29 heavy (non-hydrogen) atoms. The highest BCUT2D eigenvalue weighted by molar-refractivity contribution is 6.33. The van der Waals surface area contributed by atoms with E-state index in [1.165, 1.54) is 0 Å². The summed E-state index contributed by atoms with van der Waals surface area (Å²) >= 11 is 6.41. The average molecular weight is 407 g/mol. The first-order valence-corrected chi connectivity index (χ1v) is 9.45. The van der Waals surface area contributed by atoms with Crippen molar-refractivity contribution in [3.8, 4) is 22.9 Å². The van der Waals surface area contributed by atoms with E-state index in [0.29, 0.717) is 27.9 Å². The van der Waals surface area contributed by atoms with Crippen molar-refractivity contribution in [1.82, 2.24) is 9.97 Å². The number of methoxy groups -OCH3 is 2. The number of halogens is 1. The maximum atomic E-state index is 12.9. The normalized spacial score (nSPS) is 10.9. The molecule has 1 aromatic heterocycles. The van der Waals surface area contributed by atoms with Crippen molar-refractivity contribution in [2.75, 3.05) is 14.2 Å². The van der Waals surface area contributed by atoms with Crippen molar-refractivity contribution in [2.45, 2.75) is 6.42 Å². The van der Waals surface area contributed by atoms with Gasteiger partial charge in [0.1, 0.15) is 17.3 Å². The standard InChI is InChI=1S/C23H19ClN2O3/c1-28-16-11-15(12-17(13-16)29-2)22(27)10-14-7-8-19(24)18(9-14)23-25-20-5-3-4-6-21(20)26-23/h3-9,11-13H,10H2,1-2H3,(H,25,26). The van der Waals surface area contributed by atoms with Crippen LogP contribution in [0.3, 0.4) is 0 Å². The van der Waals surface area contributed by atoms with Gasteiger partial charge in [-0.25, -0.2) is 4.98 Å². The zero-order valence-electron chi connectivity index (χ0n) is 16.0. The van der Waals surface area contributed by atoms with Crippen LogP contribution in [-0.2, 0) is 6.42 Å². The van der Waals surface area contributed by atoms with Gasteiger partial charge in [0.05, 0.1) is 30.3 Å². The lowest BCUT2D eigenvalue weighted by atomic mass is 10.0. The van der Waals surface area contributed by atoms with E-state index in [1.807, 2.05) is 36.4 Å². The number of Topliss-reactive ketones (excluding diaryl/α,β-unsaturated/α-hetero) is 1. The number of H-pyrrole nitrogens is 1. The fraction of sp³-hybridized carbons (Fsp3) is 0.130. The van der Waals surface area contributed by atoms with Crippen LogP contribution in [0.25, 0.3) is 22.4 Å². The Morgan fingerprint density at radius 2 is 1.72 bits per heavy atom. The minimum absolute atomic E-state index is 0.0416. The number of hydrogen-bond acceptors (Lipinski definition) is 4. The molecule has 6 heteroatoms. The first-order chi connectivity index (χ1) is 14.1. The number of imidazole rings is 1. The number of aromatic amines is 1. The highest BCUT2D eigenvalue weighted by atomic mass is 35.5. The number of fused-ring (bicyclic) bond motifs is 1. The van der Waals surface area contributed by atoms with Gasteiger partial charge in [-0.2, -0.15) is 0 Å². The van der Waals surface area contributed by atoms with Gasteiger partial charge >= 0.3 is 0 Å². The van der Waals surface area contributed by atoms with E-state index in [2.05, 4.69) is 9.97 Å². The van der Waals surface area contributed by atoms with Crippen LogP contribution in [0.4, 0.5) is 0 Å². The molecular weight excluding hydrogens is 388 g/mol. The molecule has 0 aliphatic heterocycles. The summed E-state index contributed by atoms with van der Waals surface area (Å²) in [6, 6.07) is 18.5. The van der Waals surface area contributed by atoms with Crippen LogP contribution in [0.15, 0.2) is 60.7 Å². The number of benzene rings is 3. The van der Waals surface area contributed by atoms with Crippen LogP contribution < -0.4 is 9.47 Å². The van der Waals surface area contributed by atoms with E-state index in [9.17, 15) is 4.79 Å². The molecule has 0 atom stereocenters. The molecule has 0 bridgehead atoms. The topological polar surface area (TPSA) is 64.2 Å². The van der Waals surface area contributed by atoms with Crippen molar-refractivity contribution in [2.24, 2.45) is 0 Å². The Bertz CT molecular complexity index is 1140. The number of ketones is 1. The minimum atomic E-state index is -0.0416. The third-order valence-electron chi connectivity index (χ3n) is 4.71. The second kappa shape index (κ2) is 7.97. The van der Waals surface area contributed by atoms with Gasteiger partial charge < -0.3 is 14.5 Å². The summed E-state index contributed by atoms with van der Waals surface area (Å²) in [4.78, 5) is 20.7. The average Bonchev–Trinajstić information content (AvgIpc) is 3.18. The number of para-hydroxylation sites is 2. The maximum absolute atomic E-state index is 12.9. The van der Waals surface area contributed by atoms with E-state index in [-0.39, 0.29) is 12.2 Å². The van der Waals surface area contributed by atoms with E-state index in [1.54, 1.807) is 38.5 Å². The van der Waals surface area contributed by atoms with Gasteiger partial charge in [0.2, 0.25) is 0 Å². The zero-order valence-corrected chi connectivity index (χ0v) is 16.8. The molecule has 1 heterocycles. The molecule has 146 valence electrons. The lowest BCUT2D eigenvalue weighted by molar-refractivity contribution is 0.0992. The predicted octanol–water partition coefficient (Wildman–Crippen LogP) is 5.33. The second-order valence-electron chi connectivity index (χ2n) is 6.62. The molecule has 0 aliphatic carbocycles. The van der Waals surface area contributed by atoms with Crippen LogP contribution in [-0.4, -0.2) is 30.0 Å².